The maximum Gasteiger partial charge on any atom is 0.240 e. The lowest BCUT2D eigenvalue weighted by Crippen LogP contribution is -2.21. The van der Waals surface area contributed by atoms with Gasteiger partial charge in [0, 0.05) is 5.56 Å². The standard InChI is InChI=1S/C11H12N2O2/c1-13(2)7-11(15)9-3-5-10(6-4-9)12-8-14/h3-6H,7H2,1-2H3. The molecule has 1 rings (SSSR count). The van der Waals surface area contributed by atoms with E-state index in [-0.39, 0.29) is 5.78 Å². The molecule has 0 saturated heterocycles. The zero-order valence-corrected chi connectivity index (χ0v) is 8.73. The molecule has 0 N–H and O–H groups in total. The van der Waals surface area contributed by atoms with Gasteiger partial charge in [0.2, 0.25) is 6.08 Å². The smallest absolute Gasteiger partial charge is 0.240 e. The molecule has 0 atom stereocenters. The first kappa shape index (κ1) is 11.3. The molecule has 0 saturated carbocycles. The van der Waals surface area contributed by atoms with E-state index in [0.29, 0.717) is 17.8 Å². The summed E-state index contributed by atoms with van der Waals surface area (Å²) in [6.45, 7) is 0.371. The topological polar surface area (TPSA) is 49.7 Å². The molecular formula is C11H12N2O2. The minimum Gasteiger partial charge on any atom is -0.302 e. The van der Waals surface area contributed by atoms with Crippen molar-refractivity contribution >= 4 is 17.6 Å². The van der Waals surface area contributed by atoms with Gasteiger partial charge in [0.1, 0.15) is 0 Å². The number of isocyanates is 1. The van der Waals surface area contributed by atoms with E-state index in [2.05, 4.69) is 4.99 Å². The highest BCUT2D eigenvalue weighted by Crippen LogP contribution is 2.12. The summed E-state index contributed by atoms with van der Waals surface area (Å²) in [7, 11) is 3.67. The number of nitrogens with zero attached hydrogens (tertiary/aromatic N) is 2. The van der Waals surface area contributed by atoms with Gasteiger partial charge in [0.15, 0.2) is 5.78 Å². The van der Waals surface area contributed by atoms with Crippen LogP contribution in [-0.4, -0.2) is 37.4 Å². The van der Waals surface area contributed by atoms with E-state index in [4.69, 9.17) is 0 Å². The van der Waals surface area contributed by atoms with Gasteiger partial charge in [-0.25, -0.2) is 4.79 Å². The van der Waals surface area contributed by atoms with Crippen molar-refractivity contribution in [1.82, 2.24) is 4.90 Å². The summed E-state index contributed by atoms with van der Waals surface area (Å²) in [6.07, 6.45) is 1.45. The largest absolute Gasteiger partial charge is 0.302 e. The van der Waals surface area contributed by atoms with E-state index in [9.17, 15) is 9.59 Å². The number of carbonyl (C=O) groups excluding carboxylic acids is 2. The minimum atomic E-state index is 0.0432. The normalized spacial score (nSPS) is 9.80. The molecule has 0 bridgehead atoms. The fourth-order valence-corrected chi connectivity index (χ4v) is 1.15. The molecular weight excluding hydrogens is 192 g/mol. The number of likely N-dealkylation sites (N-methyl/N-ethyl adjacent to an activating group) is 1. The highest BCUT2D eigenvalue weighted by molar-refractivity contribution is 5.97. The summed E-state index contributed by atoms with van der Waals surface area (Å²) >= 11 is 0. The van der Waals surface area contributed by atoms with E-state index in [1.165, 1.54) is 6.08 Å². The molecule has 0 aliphatic carbocycles. The zero-order valence-electron chi connectivity index (χ0n) is 8.73. The Labute approximate surface area is 88.2 Å². The monoisotopic (exact) mass is 204 g/mol. The molecule has 4 nitrogen and oxygen atoms in total. The van der Waals surface area contributed by atoms with Gasteiger partial charge in [-0.15, -0.1) is 0 Å². The van der Waals surface area contributed by atoms with Gasteiger partial charge in [0.25, 0.3) is 0 Å². The van der Waals surface area contributed by atoms with Crippen molar-refractivity contribution in [2.45, 2.75) is 0 Å². The number of Topliss-reactive ketones (excluding diaryl/α,β-unsaturated/α-hetero) is 1. The molecule has 0 aliphatic heterocycles. The van der Waals surface area contributed by atoms with E-state index < -0.39 is 0 Å². The molecule has 0 fully saturated rings. The Bertz CT molecular complexity index is 390. The Morgan fingerprint density at radius 1 is 1.33 bits per heavy atom. The molecule has 0 unspecified atom stereocenters. The van der Waals surface area contributed by atoms with Crippen LogP contribution in [0.25, 0.3) is 0 Å². The summed E-state index contributed by atoms with van der Waals surface area (Å²) < 4.78 is 0. The quantitative estimate of drug-likeness (QED) is 0.423. The molecule has 78 valence electrons. The van der Waals surface area contributed by atoms with E-state index in [1.54, 1.807) is 29.2 Å². The SMILES string of the molecule is CN(C)CC(=O)c1ccc(N=C=O)cc1. The molecule has 0 radical (unpaired) electrons. The molecule has 15 heavy (non-hydrogen) atoms. The number of hydrogen-bond acceptors (Lipinski definition) is 4. The average Bonchev–Trinajstić information content (AvgIpc) is 2.18. The van der Waals surface area contributed by atoms with Crippen LogP contribution < -0.4 is 0 Å². The lowest BCUT2D eigenvalue weighted by molar-refractivity contribution is 0.0958. The predicted octanol–water partition coefficient (Wildman–Crippen LogP) is 1.40. The Kier molecular flexibility index (Phi) is 3.92. The lowest BCUT2D eigenvalue weighted by Gasteiger charge is -2.07. The summed E-state index contributed by atoms with van der Waals surface area (Å²) in [5.74, 6) is 0.0432. The maximum atomic E-state index is 11.6. The third kappa shape index (κ3) is 3.46. The third-order valence-electron chi connectivity index (χ3n) is 1.82. The van der Waals surface area contributed by atoms with Gasteiger partial charge in [-0.3, -0.25) is 4.79 Å². The van der Waals surface area contributed by atoms with Crippen molar-refractivity contribution in [3.05, 3.63) is 29.8 Å². The number of carbonyl (C=O) groups is 1. The molecule has 1 aromatic carbocycles. The van der Waals surface area contributed by atoms with Crippen LogP contribution in [0.15, 0.2) is 29.3 Å². The third-order valence-corrected chi connectivity index (χ3v) is 1.82. The Hall–Kier alpha value is -1.77. The zero-order chi connectivity index (χ0) is 11.3. The Morgan fingerprint density at radius 3 is 2.40 bits per heavy atom. The predicted molar refractivity (Wildman–Crippen MR) is 57.1 cm³/mol. The lowest BCUT2D eigenvalue weighted by atomic mass is 10.1. The number of aliphatic imine (C=N–C) groups is 1. The van der Waals surface area contributed by atoms with Crippen LogP contribution in [0.1, 0.15) is 10.4 Å². The van der Waals surface area contributed by atoms with Crippen molar-refractivity contribution in [2.75, 3.05) is 20.6 Å². The fraction of sp³-hybridized carbons (Fsp3) is 0.273. The second-order valence-corrected chi connectivity index (χ2v) is 3.41. The number of hydrogen-bond donors (Lipinski definition) is 0. The van der Waals surface area contributed by atoms with Crippen LogP contribution >= 0.6 is 0 Å². The first-order valence-corrected chi connectivity index (χ1v) is 4.49. The van der Waals surface area contributed by atoms with Gasteiger partial charge in [0.05, 0.1) is 12.2 Å². The number of rotatable bonds is 4. The van der Waals surface area contributed by atoms with Gasteiger partial charge < -0.3 is 4.90 Å². The van der Waals surface area contributed by atoms with Gasteiger partial charge in [-0.1, -0.05) is 0 Å². The number of benzene rings is 1. The minimum absolute atomic E-state index is 0.0432. The molecule has 4 heteroatoms. The first-order chi connectivity index (χ1) is 7.13. The van der Waals surface area contributed by atoms with Crippen molar-refractivity contribution in [2.24, 2.45) is 4.99 Å². The van der Waals surface area contributed by atoms with Gasteiger partial charge in [-0.2, -0.15) is 4.99 Å². The second-order valence-electron chi connectivity index (χ2n) is 3.41. The van der Waals surface area contributed by atoms with E-state index >= 15 is 0 Å². The summed E-state index contributed by atoms with van der Waals surface area (Å²) in [4.78, 5) is 26.8. The van der Waals surface area contributed by atoms with Crippen molar-refractivity contribution < 1.29 is 9.59 Å². The van der Waals surface area contributed by atoms with E-state index in [0.717, 1.165) is 0 Å². The van der Waals surface area contributed by atoms with Crippen LogP contribution in [0.5, 0.6) is 0 Å². The van der Waals surface area contributed by atoms with E-state index in [1.807, 2.05) is 14.1 Å². The van der Waals surface area contributed by atoms with Gasteiger partial charge in [-0.05, 0) is 38.4 Å². The summed E-state index contributed by atoms with van der Waals surface area (Å²) in [5, 5.41) is 0. The summed E-state index contributed by atoms with van der Waals surface area (Å²) in [6, 6.07) is 6.55. The van der Waals surface area contributed by atoms with Crippen LogP contribution in [0.4, 0.5) is 5.69 Å². The Morgan fingerprint density at radius 2 is 1.93 bits per heavy atom. The number of ketones is 1. The molecule has 1 aromatic rings. The highest BCUT2D eigenvalue weighted by Gasteiger charge is 2.06. The fourth-order valence-electron chi connectivity index (χ4n) is 1.15. The van der Waals surface area contributed by atoms with Crippen molar-refractivity contribution in [1.29, 1.82) is 0 Å². The average molecular weight is 204 g/mol. The molecule has 0 amide bonds. The summed E-state index contributed by atoms with van der Waals surface area (Å²) in [5.41, 5.74) is 1.12. The van der Waals surface area contributed by atoms with Crippen LogP contribution in [0.2, 0.25) is 0 Å². The molecule has 0 heterocycles. The highest BCUT2D eigenvalue weighted by atomic mass is 16.1. The van der Waals surface area contributed by atoms with Crippen LogP contribution in [0.3, 0.4) is 0 Å². The molecule has 0 spiro atoms. The second kappa shape index (κ2) is 5.20. The Balaban J connectivity index is 2.79. The van der Waals surface area contributed by atoms with Gasteiger partial charge >= 0.3 is 0 Å². The van der Waals surface area contributed by atoms with Crippen molar-refractivity contribution in [3.8, 4) is 0 Å². The first-order valence-electron chi connectivity index (χ1n) is 4.49. The van der Waals surface area contributed by atoms with Crippen LogP contribution in [0, 0.1) is 0 Å². The molecule has 0 aliphatic rings. The molecule has 0 aromatic heterocycles. The van der Waals surface area contributed by atoms with Crippen LogP contribution in [-0.2, 0) is 4.79 Å². The maximum absolute atomic E-state index is 11.6. The van der Waals surface area contributed by atoms with Crippen molar-refractivity contribution in [3.63, 3.8) is 0 Å².